The lowest BCUT2D eigenvalue weighted by Gasteiger charge is -2.06. The highest BCUT2D eigenvalue weighted by atomic mass is 79.9. The molecular formula is C10H10Br2O2. The van der Waals surface area contributed by atoms with Gasteiger partial charge in [0, 0.05) is 10.9 Å². The monoisotopic (exact) mass is 320 g/mol. The van der Waals surface area contributed by atoms with Crippen molar-refractivity contribution < 1.29 is 9.53 Å². The van der Waals surface area contributed by atoms with E-state index in [0.29, 0.717) is 13.0 Å². The van der Waals surface area contributed by atoms with E-state index in [1.807, 2.05) is 18.2 Å². The predicted octanol–water partition coefficient (Wildman–Crippen LogP) is 3.57. The summed E-state index contributed by atoms with van der Waals surface area (Å²) in [5, 5.41) is 0. The Morgan fingerprint density at radius 1 is 1.43 bits per heavy atom. The summed E-state index contributed by atoms with van der Waals surface area (Å²) in [5.41, 5.74) is 0. The minimum Gasteiger partial charge on any atom is -0.492 e. The van der Waals surface area contributed by atoms with E-state index in [9.17, 15) is 4.79 Å². The third-order valence-electron chi connectivity index (χ3n) is 1.61. The van der Waals surface area contributed by atoms with Gasteiger partial charge < -0.3 is 4.74 Å². The summed E-state index contributed by atoms with van der Waals surface area (Å²) < 4.78 is 7.29. The van der Waals surface area contributed by atoms with Crippen LogP contribution in [-0.2, 0) is 4.79 Å². The first kappa shape index (κ1) is 11.7. The van der Waals surface area contributed by atoms with Gasteiger partial charge in [-0.25, -0.2) is 0 Å². The van der Waals surface area contributed by atoms with Crippen molar-refractivity contribution in [3.8, 4) is 5.75 Å². The minimum atomic E-state index is 0.137. The molecule has 0 spiro atoms. The molecule has 1 aromatic carbocycles. The average molecular weight is 322 g/mol. The number of ketones is 1. The van der Waals surface area contributed by atoms with E-state index in [2.05, 4.69) is 31.9 Å². The van der Waals surface area contributed by atoms with E-state index in [1.165, 1.54) is 0 Å². The van der Waals surface area contributed by atoms with Crippen molar-refractivity contribution in [3.63, 3.8) is 0 Å². The second-order valence-electron chi connectivity index (χ2n) is 2.88. The summed E-state index contributed by atoms with van der Waals surface area (Å²) in [6.45, 7) is 1.98. The Labute approximate surface area is 99.9 Å². The van der Waals surface area contributed by atoms with Crippen LogP contribution in [0.2, 0.25) is 0 Å². The molecular weight excluding hydrogens is 312 g/mol. The van der Waals surface area contributed by atoms with Gasteiger partial charge in [0.15, 0.2) is 0 Å². The normalized spacial score (nSPS) is 9.93. The van der Waals surface area contributed by atoms with E-state index in [-0.39, 0.29) is 5.78 Å². The van der Waals surface area contributed by atoms with Crippen molar-refractivity contribution in [2.45, 2.75) is 13.3 Å². The number of hydrogen-bond donors (Lipinski definition) is 0. The molecule has 0 amide bonds. The third-order valence-corrected chi connectivity index (χ3v) is 2.72. The van der Waals surface area contributed by atoms with Gasteiger partial charge in [-0.2, -0.15) is 0 Å². The first-order valence-corrected chi connectivity index (χ1v) is 5.75. The molecule has 0 radical (unpaired) electrons. The zero-order valence-electron chi connectivity index (χ0n) is 7.72. The van der Waals surface area contributed by atoms with Gasteiger partial charge in [-0.3, -0.25) is 4.79 Å². The Kier molecular flexibility index (Phi) is 4.62. The smallest absolute Gasteiger partial charge is 0.133 e. The Morgan fingerprint density at radius 2 is 2.14 bits per heavy atom. The van der Waals surface area contributed by atoms with Gasteiger partial charge in [0.2, 0.25) is 0 Å². The molecule has 0 aromatic heterocycles. The maximum Gasteiger partial charge on any atom is 0.133 e. The lowest BCUT2D eigenvalue weighted by Crippen LogP contribution is -2.02. The van der Waals surface area contributed by atoms with Crippen molar-refractivity contribution in [2.75, 3.05) is 6.61 Å². The number of hydrogen-bond acceptors (Lipinski definition) is 2. The number of rotatable bonds is 4. The fraction of sp³-hybridized carbons (Fsp3) is 0.300. The third kappa shape index (κ3) is 3.80. The lowest BCUT2D eigenvalue weighted by atomic mass is 10.3. The highest BCUT2D eigenvalue weighted by molar-refractivity contribution is 9.11. The van der Waals surface area contributed by atoms with Crippen molar-refractivity contribution in [1.29, 1.82) is 0 Å². The molecule has 76 valence electrons. The summed E-state index contributed by atoms with van der Waals surface area (Å²) in [4.78, 5) is 10.7. The summed E-state index contributed by atoms with van der Waals surface area (Å²) in [6.07, 6.45) is 0.447. The lowest BCUT2D eigenvalue weighted by molar-refractivity contribution is -0.117. The van der Waals surface area contributed by atoms with Crippen LogP contribution in [-0.4, -0.2) is 12.4 Å². The number of carbonyl (C=O) groups is 1. The van der Waals surface area contributed by atoms with Gasteiger partial charge in [0.25, 0.3) is 0 Å². The molecule has 14 heavy (non-hydrogen) atoms. The van der Waals surface area contributed by atoms with Crippen LogP contribution < -0.4 is 4.74 Å². The second kappa shape index (κ2) is 5.51. The zero-order chi connectivity index (χ0) is 10.6. The van der Waals surface area contributed by atoms with Crippen molar-refractivity contribution in [3.05, 3.63) is 27.1 Å². The molecule has 1 rings (SSSR count). The molecule has 1 aromatic rings. The summed E-state index contributed by atoms with van der Waals surface area (Å²) in [7, 11) is 0. The molecule has 0 fully saturated rings. The highest BCUT2D eigenvalue weighted by Gasteiger charge is 2.01. The van der Waals surface area contributed by atoms with Crippen molar-refractivity contribution in [2.24, 2.45) is 0 Å². The van der Waals surface area contributed by atoms with Crippen molar-refractivity contribution >= 4 is 37.6 Å². The summed E-state index contributed by atoms with van der Waals surface area (Å²) in [5.74, 6) is 0.896. The van der Waals surface area contributed by atoms with Gasteiger partial charge in [-0.1, -0.05) is 15.9 Å². The van der Waals surface area contributed by atoms with E-state index >= 15 is 0 Å². The Hall–Kier alpha value is -0.350. The maximum absolute atomic E-state index is 10.7. The molecule has 0 unspecified atom stereocenters. The topological polar surface area (TPSA) is 26.3 Å². The number of carbonyl (C=O) groups excluding carboxylic acids is 1. The molecule has 0 atom stereocenters. The molecule has 0 saturated carbocycles. The van der Waals surface area contributed by atoms with Crippen LogP contribution in [0.1, 0.15) is 13.3 Å². The number of halogens is 2. The molecule has 0 aliphatic heterocycles. The first-order valence-electron chi connectivity index (χ1n) is 4.17. The predicted molar refractivity (Wildman–Crippen MR) is 62.6 cm³/mol. The van der Waals surface area contributed by atoms with Gasteiger partial charge in [0.1, 0.15) is 11.5 Å². The quantitative estimate of drug-likeness (QED) is 0.847. The average Bonchev–Trinajstić information content (AvgIpc) is 2.08. The largest absolute Gasteiger partial charge is 0.492 e. The minimum absolute atomic E-state index is 0.137. The number of benzene rings is 1. The molecule has 4 heteroatoms. The fourth-order valence-electron chi connectivity index (χ4n) is 0.897. The van der Waals surface area contributed by atoms with E-state index < -0.39 is 0 Å². The Balaban J connectivity index is 2.55. The molecule has 0 bridgehead atoms. The molecule has 0 aliphatic carbocycles. The maximum atomic E-state index is 10.7. The SMILES string of the molecule is CC(=O)CCOc1ccc(Br)cc1Br. The van der Waals surface area contributed by atoms with E-state index in [1.54, 1.807) is 6.92 Å². The molecule has 2 nitrogen and oxygen atoms in total. The standard InChI is InChI=1S/C10H10Br2O2/c1-7(13)4-5-14-10-3-2-8(11)6-9(10)12/h2-3,6H,4-5H2,1H3. The van der Waals surface area contributed by atoms with Crippen LogP contribution in [0.25, 0.3) is 0 Å². The van der Waals surface area contributed by atoms with Gasteiger partial charge in [-0.05, 0) is 41.1 Å². The number of ether oxygens (including phenoxy) is 1. The first-order chi connectivity index (χ1) is 6.59. The van der Waals surface area contributed by atoms with Gasteiger partial charge in [-0.15, -0.1) is 0 Å². The summed E-state index contributed by atoms with van der Waals surface area (Å²) >= 11 is 6.72. The van der Waals surface area contributed by atoms with Crippen LogP contribution in [0.15, 0.2) is 27.1 Å². The van der Waals surface area contributed by atoms with Crippen LogP contribution in [0.3, 0.4) is 0 Å². The molecule has 0 aliphatic rings. The fourth-order valence-corrected chi connectivity index (χ4v) is 2.06. The number of Topliss-reactive ketones (excluding diaryl/α,β-unsaturated/α-hetero) is 1. The Bertz CT molecular complexity index is 337. The molecule has 0 saturated heterocycles. The second-order valence-corrected chi connectivity index (χ2v) is 4.65. The van der Waals surface area contributed by atoms with Crippen LogP contribution in [0.5, 0.6) is 5.75 Å². The summed E-state index contributed by atoms with van der Waals surface area (Å²) in [6, 6.07) is 5.66. The van der Waals surface area contributed by atoms with Gasteiger partial charge in [0.05, 0.1) is 11.1 Å². The van der Waals surface area contributed by atoms with E-state index in [0.717, 1.165) is 14.7 Å². The van der Waals surface area contributed by atoms with Gasteiger partial charge >= 0.3 is 0 Å². The molecule has 0 N–H and O–H groups in total. The van der Waals surface area contributed by atoms with Crippen LogP contribution in [0, 0.1) is 0 Å². The zero-order valence-corrected chi connectivity index (χ0v) is 10.9. The molecule has 0 heterocycles. The van der Waals surface area contributed by atoms with Crippen LogP contribution >= 0.6 is 31.9 Å². The van der Waals surface area contributed by atoms with Crippen molar-refractivity contribution in [1.82, 2.24) is 0 Å². The van der Waals surface area contributed by atoms with Crippen LogP contribution in [0.4, 0.5) is 0 Å². The van der Waals surface area contributed by atoms with E-state index in [4.69, 9.17) is 4.74 Å². The highest BCUT2D eigenvalue weighted by Crippen LogP contribution is 2.28. The Morgan fingerprint density at radius 3 is 2.71 bits per heavy atom.